The molecule has 2 unspecified atom stereocenters. The lowest BCUT2D eigenvalue weighted by Gasteiger charge is -2.38. The van der Waals surface area contributed by atoms with E-state index in [0.29, 0.717) is 42.9 Å². The molecule has 6 atom stereocenters. The van der Waals surface area contributed by atoms with Crippen molar-refractivity contribution in [2.45, 2.75) is 123 Å². The van der Waals surface area contributed by atoms with Gasteiger partial charge < -0.3 is 36.5 Å². The van der Waals surface area contributed by atoms with Gasteiger partial charge in [0.05, 0.1) is 10.9 Å². The van der Waals surface area contributed by atoms with E-state index >= 15 is 0 Å². The molecule has 50 heavy (non-hydrogen) atoms. The highest BCUT2D eigenvalue weighted by atomic mass is 32.2. The monoisotopic (exact) mass is 718 g/mol. The molecule has 0 aromatic heterocycles. The average molecular weight is 719 g/mol. The Morgan fingerprint density at radius 3 is 2.12 bits per heavy atom. The summed E-state index contributed by atoms with van der Waals surface area (Å²) in [5, 5.41) is 12.0. The third-order valence-electron chi connectivity index (χ3n) is 10.1. The number of Topliss-reactive ketones (excluding diaryl/α,β-unsaturated/α-hetero) is 1. The average Bonchev–Trinajstić information content (AvgIpc) is 3.45. The SMILES string of the molecule is CC(C)[C@H]1CCN(C(=O)[C@@H](NC(=O)N[C@H](CNCc2ccccc2S(=O)O)C(C)(C)C)C(C)(C)C)[C@@H]1C(=O)NC(CC1CCC1)C(=O)C(N)=O. The summed E-state index contributed by atoms with van der Waals surface area (Å²) in [5.74, 6) is -2.81. The van der Waals surface area contributed by atoms with Crippen molar-refractivity contribution in [2.75, 3.05) is 13.1 Å². The topological polar surface area (TPSA) is 200 Å². The molecule has 5 amide bonds. The molecule has 3 rings (SSSR count). The Morgan fingerprint density at radius 2 is 1.60 bits per heavy atom. The van der Waals surface area contributed by atoms with Crippen LogP contribution in [-0.4, -0.2) is 80.5 Å². The molecule has 1 aromatic carbocycles. The molecule has 1 aromatic rings. The van der Waals surface area contributed by atoms with E-state index in [-0.39, 0.29) is 17.8 Å². The Labute approximate surface area is 299 Å². The first-order valence-corrected chi connectivity index (χ1v) is 18.7. The molecule has 1 saturated carbocycles. The molecule has 2 fully saturated rings. The van der Waals surface area contributed by atoms with Crippen molar-refractivity contribution in [3.05, 3.63) is 29.8 Å². The Kier molecular flexibility index (Phi) is 14.2. The minimum atomic E-state index is -2.14. The molecule has 14 heteroatoms. The Balaban J connectivity index is 1.78. The second-order valence-electron chi connectivity index (χ2n) is 16.3. The van der Waals surface area contributed by atoms with Crippen molar-refractivity contribution in [1.82, 2.24) is 26.2 Å². The fourth-order valence-electron chi connectivity index (χ4n) is 6.71. The van der Waals surface area contributed by atoms with Crippen molar-refractivity contribution >= 4 is 40.6 Å². The summed E-state index contributed by atoms with van der Waals surface area (Å²) < 4.78 is 21.4. The highest BCUT2D eigenvalue weighted by Gasteiger charge is 2.48. The van der Waals surface area contributed by atoms with Gasteiger partial charge in [0.1, 0.15) is 12.1 Å². The van der Waals surface area contributed by atoms with Crippen molar-refractivity contribution in [2.24, 2.45) is 34.3 Å². The number of carbonyl (C=O) groups is 5. The van der Waals surface area contributed by atoms with Crippen molar-refractivity contribution in [3.63, 3.8) is 0 Å². The van der Waals surface area contributed by atoms with Gasteiger partial charge in [0, 0.05) is 25.7 Å². The van der Waals surface area contributed by atoms with Gasteiger partial charge in [0.2, 0.25) is 17.6 Å². The van der Waals surface area contributed by atoms with E-state index in [1.807, 2.05) is 55.4 Å². The second kappa shape index (κ2) is 17.2. The fraction of sp³-hybridized carbons (Fsp3) is 0.694. The molecule has 0 spiro atoms. The molecule has 280 valence electrons. The van der Waals surface area contributed by atoms with Crippen molar-refractivity contribution in [3.8, 4) is 0 Å². The molecule has 1 saturated heterocycles. The number of hydrogen-bond acceptors (Lipinski definition) is 7. The summed E-state index contributed by atoms with van der Waals surface area (Å²) in [4.78, 5) is 68.4. The van der Waals surface area contributed by atoms with Gasteiger partial charge in [-0.15, -0.1) is 0 Å². The van der Waals surface area contributed by atoms with Gasteiger partial charge in [-0.05, 0) is 53.1 Å². The fourth-order valence-corrected chi connectivity index (χ4v) is 7.27. The van der Waals surface area contributed by atoms with E-state index in [4.69, 9.17) is 5.73 Å². The highest BCUT2D eigenvalue weighted by molar-refractivity contribution is 7.79. The van der Waals surface area contributed by atoms with Crippen LogP contribution in [0.2, 0.25) is 0 Å². The quantitative estimate of drug-likeness (QED) is 0.117. The van der Waals surface area contributed by atoms with Crippen LogP contribution in [0.4, 0.5) is 4.79 Å². The Hall–Kier alpha value is -3.36. The largest absolute Gasteiger partial charge is 0.363 e. The van der Waals surface area contributed by atoms with Crippen molar-refractivity contribution in [1.29, 1.82) is 0 Å². The Morgan fingerprint density at radius 1 is 0.960 bits per heavy atom. The molecule has 1 aliphatic heterocycles. The van der Waals surface area contributed by atoms with E-state index in [1.165, 1.54) is 4.90 Å². The lowest BCUT2D eigenvalue weighted by molar-refractivity contribution is -0.144. The van der Waals surface area contributed by atoms with Crippen LogP contribution in [0.1, 0.15) is 93.1 Å². The summed E-state index contributed by atoms with van der Waals surface area (Å²) >= 11 is -2.14. The number of amides is 5. The first kappa shape index (κ1) is 41.1. The molecular formula is C36H58N6O7S. The summed E-state index contributed by atoms with van der Waals surface area (Å²) in [6.07, 6.45) is 3.74. The van der Waals surface area contributed by atoms with Crippen molar-refractivity contribution < 1.29 is 32.7 Å². The molecule has 2 aliphatic rings. The first-order chi connectivity index (χ1) is 23.2. The van der Waals surface area contributed by atoms with Gasteiger partial charge in [0.25, 0.3) is 5.91 Å². The van der Waals surface area contributed by atoms with E-state index < -0.39 is 75.6 Å². The van der Waals surface area contributed by atoms with Gasteiger partial charge >= 0.3 is 6.03 Å². The van der Waals surface area contributed by atoms with Crippen LogP contribution in [0.15, 0.2) is 29.2 Å². The zero-order valence-corrected chi connectivity index (χ0v) is 31.7. The number of hydrogen-bond donors (Lipinski definition) is 6. The summed E-state index contributed by atoms with van der Waals surface area (Å²) in [6.45, 7) is 16.4. The molecule has 1 heterocycles. The number of carbonyl (C=O) groups excluding carboxylic acids is 5. The van der Waals surface area contributed by atoms with E-state index in [9.17, 15) is 32.7 Å². The summed E-state index contributed by atoms with van der Waals surface area (Å²) in [6, 6.07) is 2.95. The van der Waals surface area contributed by atoms with Crippen LogP contribution < -0.4 is 27.0 Å². The zero-order valence-electron chi connectivity index (χ0n) is 30.8. The third kappa shape index (κ3) is 10.8. The number of likely N-dealkylation sites (tertiary alicyclic amines) is 1. The van der Waals surface area contributed by atoms with E-state index in [0.717, 1.165) is 19.3 Å². The molecule has 0 radical (unpaired) electrons. The number of ketones is 1. The van der Waals surface area contributed by atoms with E-state index in [2.05, 4.69) is 21.3 Å². The van der Waals surface area contributed by atoms with Gasteiger partial charge in [-0.2, -0.15) is 0 Å². The zero-order chi connectivity index (χ0) is 37.6. The van der Waals surface area contributed by atoms with Crippen LogP contribution >= 0.6 is 0 Å². The third-order valence-corrected chi connectivity index (χ3v) is 10.9. The van der Waals surface area contributed by atoms with E-state index in [1.54, 1.807) is 24.3 Å². The molecular weight excluding hydrogens is 660 g/mol. The number of benzene rings is 1. The highest BCUT2D eigenvalue weighted by Crippen LogP contribution is 2.34. The first-order valence-electron chi connectivity index (χ1n) is 17.6. The van der Waals surface area contributed by atoms with Crippen LogP contribution in [0, 0.1) is 28.6 Å². The lowest BCUT2D eigenvalue weighted by atomic mass is 9.80. The molecule has 13 nitrogen and oxygen atoms in total. The maximum absolute atomic E-state index is 14.4. The van der Waals surface area contributed by atoms with Gasteiger partial charge in [-0.1, -0.05) is 92.9 Å². The maximum atomic E-state index is 14.4. The minimum Gasteiger partial charge on any atom is -0.363 e. The predicted molar refractivity (Wildman–Crippen MR) is 192 cm³/mol. The van der Waals surface area contributed by atoms with Crippen LogP contribution in [-0.2, 0) is 36.8 Å². The normalized spacial score (nSPS) is 20.7. The number of rotatable bonds is 15. The number of urea groups is 1. The van der Waals surface area contributed by atoms with Crippen LogP contribution in [0.3, 0.4) is 0 Å². The molecule has 7 N–H and O–H groups in total. The number of nitrogens with zero attached hydrogens (tertiary/aromatic N) is 1. The van der Waals surface area contributed by atoms with Crippen LogP contribution in [0.5, 0.6) is 0 Å². The predicted octanol–water partition coefficient (Wildman–Crippen LogP) is 3.09. The van der Waals surface area contributed by atoms with Gasteiger partial charge in [-0.25, -0.2) is 9.00 Å². The molecule has 1 aliphatic carbocycles. The smallest absolute Gasteiger partial charge is 0.315 e. The number of nitrogens with two attached hydrogens (primary N) is 1. The second-order valence-corrected chi connectivity index (χ2v) is 17.3. The molecule has 0 bridgehead atoms. The standard InChI is InChI=1S/C36H58N6O7S/c1-21(2)24-16-17-42(28(24)32(45)39-25(29(43)31(37)44)18-22-12-11-13-22)33(46)30(36(6,7)8)41-34(47)40-27(35(3,4)5)20-38-19-23-14-9-10-15-26(23)50(48)49/h9-10,14-15,21-22,24-25,27-28,30,38H,11-13,16-20H2,1-8H3,(H2,37,44)(H,39,45)(H,48,49)(H2,40,41,47)/t24-,25?,27-,28+,30-/m1/s1. The lowest BCUT2D eigenvalue weighted by Crippen LogP contribution is -2.62. The maximum Gasteiger partial charge on any atom is 0.315 e. The minimum absolute atomic E-state index is 0.0363. The van der Waals surface area contributed by atoms with Gasteiger partial charge in [0.15, 0.2) is 11.1 Å². The Bertz CT molecular complexity index is 1420. The summed E-state index contributed by atoms with van der Waals surface area (Å²) in [7, 11) is 0. The summed E-state index contributed by atoms with van der Waals surface area (Å²) in [5.41, 5.74) is 4.88. The number of nitrogens with one attached hydrogen (secondary N) is 4. The number of primary amides is 1. The van der Waals surface area contributed by atoms with Crippen LogP contribution in [0.25, 0.3) is 0 Å². The van der Waals surface area contributed by atoms with Gasteiger partial charge in [-0.3, -0.25) is 19.2 Å².